The fourth-order valence-corrected chi connectivity index (χ4v) is 3.01. The second-order valence-corrected chi connectivity index (χ2v) is 6.75. The van der Waals surface area contributed by atoms with E-state index in [-0.39, 0.29) is 12.4 Å². The van der Waals surface area contributed by atoms with E-state index in [9.17, 15) is 14.0 Å². The molecule has 0 aliphatic heterocycles. The van der Waals surface area contributed by atoms with Gasteiger partial charge in [-0.25, -0.2) is 19.0 Å². The lowest BCUT2D eigenvalue weighted by Crippen LogP contribution is -2.41. The number of ether oxygens (including phenoxy) is 2. The molecule has 0 aliphatic rings. The van der Waals surface area contributed by atoms with Crippen LogP contribution in [-0.4, -0.2) is 36.2 Å². The number of nitrogens with one attached hydrogen (secondary N) is 2. The molecule has 3 aromatic rings. The van der Waals surface area contributed by atoms with Crippen LogP contribution in [0, 0.1) is 5.82 Å². The number of urea groups is 1. The highest BCUT2D eigenvalue weighted by atomic mass is 19.1. The number of aromatic nitrogens is 1. The molecule has 0 saturated heterocycles. The predicted octanol–water partition coefficient (Wildman–Crippen LogP) is 4.51. The summed E-state index contributed by atoms with van der Waals surface area (Å²) in [7, 11) is 0. The number of esters is 1. The molecule has 0 unspecified atom stereocenters. The Morgan fingerprint density at radius 2 is 1.81 bits per heavy atom. The molecule has 31 heavy (non-hydrogen) atoms. The van der Waals surface area contributed by atoms with Crippen LogP contribution in [0.3, 0.4) is 0 Å². The lowest BCUT2D eigenvalue weighted by atomic mass is 10.1. The maximum atomic E-state index is 13.3. The molecule has 0 aliphatic carbocycles. The van der Waals surface area contributed by atoms with Crippen LogP contribution in [0.15, 0.2) is 48.5 Å². The number of amides is 2. The topological polar surface area (TPSA) is 89.5 Å². The number of halogens is 1. The van der Waals surface area contributed by atoms with Gasteiger partial charge in [0, 0.05) is 22.7 Å². The Kier molecular flexibility index (Phi) is 7.02. The summed E-state index contributed by atoms with van der Waals surface area (Å²) in [5.41, 5.74) is 2.59. The number of hydrogen-bond donors (Lipinski definition) is 2. The van der Waals surface area contributed by atoms with Crippen molar-refractivity contribution in [3.05, 3.63) is 54.3 Å². The first-order valence-electron chi connectivity index (χ1n) is 9.99. The maximum absolute atomic E-state index is 13.3. The third kappa shape index (κ3) is 5.48. The summed E-state index contributed by atoms with van der Waals surface area (Å²) in [5.74, 6) is -0.232. The molecule has 1 heterocycles. The second-order valence-electron chi connectivity index (χ2n) is 6.75. The Hall–Kier alpha value is -3.68. The second kappa shape index (κ2) is 9.88. The van der Waals surface area contributed by atoms with E-state index in [1.807, 2.05) is 6.92 Å². The average Bonchev–Trinajstić information content (AvgIpc) is 2.74. The summed E-state index contributed by atoms with van der Waals surface area (Å²) >= 11 is 0. The van der Waals surface area contributed by atoms with Crippen LogP contribution in [0.2, 0.25) is 0 Å². The third-order valence-electron chi connectivity index (χ3n) is 4.46. The first kappa shape index (κ1) is 22.0. The lowest BCUT2D eigenvalue weighted by molar-refractivity contribution is -0.144. The molecule has 1 atom stereocenters. The minimum absolute atomic E-state index is 0.240. The number of nitrogens with zero attached hydrogens (tertiary/aromatic N) is 1. The van der Waals surface area contributed by atoms with E-state index in [2.05, 4.69) is 15.6 Å². The van der Waals surface area contributed by atoms with Crippen LogP contribution in [0.4, 0.5) is 14.9 Å². The van der Waals surface area contributed by atoms with Crippen LogP contribution >= 0.6 is 0 Å². The molecule has 1 aromatic heterocycles. The average molecular weight is 425 g/mol. The van der Waals surface area contributed by atoms with Gasteiger partial charge in [-0.05, 0) is 63.2 Å². The Balaban J connectivity index is 1.86. The molecule has 162 valence electrons. The zero-order valence-electron chi connectivity index (χ0n) is 17.6. The van der Waals surface area contributed by atoms with E-state index in [0.29, 0.717) is 34.6 Å². The molecule has 2 aromatic carbocycles. The van der Waals surface area contributed by atoms with Crippen LogP contribution in [0.1, 0.15) is 20.8 Å². The van der Waals surface area contributed by atoms with Crippen molar-refractivity contribution in [3.8, 4) is 17.0 Å². The summed E-state index contributed by atoms with van der Waals surface area (Å²) < 4.78 is 23.9. The fraction of sp³-hybridized carbons (Fsp3) is 0.261. The Morgan fingerprint density at radius 1 is 1.06 bits per heavy atom. The van der Waals surface area contributed by atoms with E-state index in [1.54, 1.807) is 50.2 Å². The van der Waals surface area contributed by atoms with Crippen molar-refractivity contribution in [3.63, 3.8) is 0 Å². The van der Waals surface area contributed by atoms with Gasteiger partial charge in [-0.15, -0.1) is 0 Å². The van der Waals surface area contributed by atoms with E-state index < -0.39 is 18.0 Å². The maximum Gasteiger partial charge on any atom is 0.328 e. The quantitative estimate of drug-likeness (QED) is 0.544. The summed E-state index contributed by atoms with van der Waals surface area (Å²) in [4.78, 5) is 28.6. The van der Waals surface area contributed by atoms with Crippen molar-refractivity contribution in [2.45, 2.75) is 26.8 Å². The van der Waals surface area contributed by atoms with Crippen molar-refractivity contribution in [2.24, 2.45) is 0 Å². The van der Waals surface area contributed by atoms with Crippen molar-refractivity contribution < 1.29 is 23.5 Å². The highest BCUT2D eigenvalue weighted by Crippen LogP contribution is 2.32. The molecule has 7 nitrogen and oxygen atoms in total. The first-order valence-corrected chi connectivity index (χ1v) is 9.99. The summed E-state index contributed by atoms with van der Waals surface area (Å²) in [6.45, 7) is 5.80. The largest absolute Gasteiger partial charge is 0.493 e. The van der Waals surface area contributed by atoms with Crippen LogP contribution in [-0.2, 0) is 9.53 Å². The molecule has 2 N–H and O–H groups in total. The SMILES string of the molecule is CCOC(=O)[C@H](C)NC(=O)Nc1ccc2nc(-c3ccc(F)cc3)cc(OCC)c2c1. The van der Waals surface area contributed by atoms with Gasteiger partial charge in [0.05, 0.1) is 24.4 Å². The van der Waals surface area contributed by atoms with Crippen molar-refractivity contribution in [1.82, 2.24) is 10.3 Å². The number of fused-ring (bicyclic) bond motifs is 1. The Labute approximate surface area is 179 Å². The minimum atomic E-state index is -0.778. The zero-order valence-corrected chi connectivity index (χ0v) is 17.6. The number of anilines is 1. The molecule has 0 bridgehead atoms. The van der Waals surface area contributed by atoms with Gasteiger partial charge in [0.25, 0.3) is 0 Å². The lowest BCUT2D eigenvalue weighted by Gasteiger charge is -2.15. The third-order valence-corrected chi connectivity index (χ3v) is 4.46. The van der Waals surface area contributed by atoms with Crippen molar-refractivity contribution in [1.29, 1.82) is 0 Å². The minimum Gasteiger partial charge on any atom is -0.493 e. The summed E-state index contributed by atoms with van der Waals surface area (Å²) in [6.07, 6.45) is 0. The van der Waals surface area contributed by atoms with Crippen molar-refractivity contribution >= 4 is 28.6 Å². The number of benzene rings is 2. The van der Waals surface area contributed by atoms with E-state index >= 15 is 0 Å². The monoisotopic (exact) mass is 425 g/mol. The number of carbonyl (C=O) groups is 2. The molecular weight excluding hydrogens is 401 g/mol. The predicted molar refractivity (Wildman–Crippen MR) is 117 cm³/mol. The van der Waals surface area contributed by atoms with Gasteiger partial charge < -0.3 is 20.1 Å². The van der Waals surface area contributed by atoms with Crippen molar-refractivity contribution in [2.75, 3.05) is 18.5 Å². The van der Waals surface area contributed by atoms with Gasteiger partial charge in [-0.3, -0.25) is 0 Å². The molecule has 2 amide bonds. The van der Waals surface area contributed by atoms with Crippen LogP contribution in [0.5, 0.6) is 5.75 Å². The van der Waals surface area contributed by atoms with Crippen LogP contribution in [0.25, 0.3) is 22.2 Å². The number of pyridine rings is 1. The molecule has 0 spiro atoms. The highest BCUT2D eigenvalue weighted by Gasteiger charge is 2.17. The normalized spacial score (nSPS) is 11.6. The van der Waals surface area contributed by atoms with Gasteiger partial charge in [-0.1, -0.05) is 0 Å². The smallest absolute Gasteiger partial charge is 0.328 e. The van der Waals surface area contributed by atoms with Gasteiger partial charge in [0.2, 0.25) is 0 Å². The van der Waals surface area contributed by atoms with Gasteiger partial charge in [0.1, 0.15) is 17.6 Å². The van der Waals surface area contributed by atoms with E-state index in [1.165, 1.54) is 12.1 Å². The number of rotatable bonds is 7. The molecular formula is C23H24FN3O4. The first-order chi connectivity index (χ1) is 14.9. The summed E-state index contributed by atoms with van der Waals surface area (Å²) in [6, 6.07) is 11.8. The van der Waals surface area contributed by atoms with Gasteiger partial charge >= 0.3 is 12.0 Å². The number of carbonyl (C=O) groups excluding carboxylic acids is 2. The van der Waals surface area contributed by atoms with E-state index in [0.717, 1.165) is 5.56 Å². The zero-order chi connectivity index (χ0) is 22.4. The Morgan fingerprint density at radius 3 is 2.48 bits per heavy atom. The standard InChI is InChI=1S/C23H24FN3O4/c1-4-30-21-13-20(15-6-8-16(24)9-7-15)27-19-11-10-17(12-18(19)21)26-23(29)25-14(3)22(28)31-5-2/h6-14H,4-5H2,1-3H3,(H2,25,26,29)/t14-/m0/s1. The molecule has 0 saturated carbocycles. The molecule has 0 fully saturated rings. The van der Waals surface area contributed by atoms with Crippen LogP contribution < -0.4 is 15.4 Å². The van der Waals surface area contributed by atoms with Gasteiger partial charge in [0.15, 0.2) is 0 Å². The van der Waals surface area contributed by atoms with Gasteiger partial charge in [-0.2, -0.15) is 0 Å². The molecule has 0 radical (unpaired) electrons. The Bertz CT molecular complexity index is 1090. The van der Waals surface area contributed by atoms with E-state index in [4.69, 9.17) is 9.47 Å². The number of hydrogen-bond acceptors (Lipinski definition) is 5. The fourth-order valence-electron chi connectivity index (χ4n) is 3.01. The highest BCUT2D eigenvalue weighted by molar-refractivity contribution is 5.96. The molecule has 3 rings (SSSR count). The summed E-state index contributed by atoms with van der Waals surface area (Å²) in [5, 5.41) is 5.95. The molecule has 8 heteroatoms.